The lowest BCUT2D eigenvalue weighted by molar-refractivity contribution is -0.274. The topological polar surface area (TPSA) is 113 Å². The van der Waals surface area contributed by atoms with Crippen LogP contribution in [0.3, 0.4) is 0 Å². The van der Waals surface area contributed by atoms with Gasteiger partial charge in [-0.2, -0.15) is 5.10 Å². The Morgan fingerprint density at radius 1 is 1.43 bits per heavy atom. The van der Waals surface area contributed by atoms with Gasteiger partial charge in [0.1, 0.15) is 5.75 Å². The molecule has 1 aromatic heterocycles. The molecule has 0 saturated heterocycles. The fraction of sp³-hybridized carbons (Fsp3) is 0.267. The molecule has 13 heteroatoms. The second-order valence-corrected chi connectivity index (χ2v) is 6.07. The van der Waals surface area contributed by atoms with Crippen LogP contribution in [0, 0.1) is 0 Å². The number of ether oxygens (including phenoxy) is 2. The molecule has 28 heavy (non-hydrogen) atoms. The molecule has 1 aromatic carbocycles. The molecule has 0 amide bonds. The van der Waals surface area contributed by atoms with Crippen molar-refractivity contribution in [2.24, 2.45) is 5.10 Å². The van der Waals surface area contributed by atoms with Crippen molar-refractivity contribution in [1.29, 1.82) is 0 Å². The number of nitrogens with zero attached hydrogens (tertiary/aromatic N) is 2. The number of esters is 1. The van der Waals surface area contributed by atoms with Crippen molar-refractivity contribution in [1.82, 2.24) is 4.98 Å². The summed E-state index contributed by atoms with van der Waals surface area (Å²) in [4.78, 5) is 15.5. The second-order valence-electron chi connectivity index (χ2n) is 5.21. The highest BCUT2D eigenvalue weighted by Gasteiger charge is 2.33. The van der Waals surface area contributed by atoms with E-state index in [0.717, 1.165) is 12.1 Å². The van der Waals surface area contributed by atoms with Crippen LogP contribution in [0.25, 0.3) is 0 Å². The zero-order valence-corrected chi connectivity index (χ0v) is 15.3. The Morgan fingerprint density at radius 3 is 2.82 bits per heavy atom. The van der Waals surface area contributed by atoms with E-state index in [4.69, 9.17) is 4.74 Å². The first kappa shape index (κ1) is 21.7. The minimum Gasteiger partial charge on any atom is -0.466 e. The van der Waals surface area contributed by atoms with Crippen LogP contribution in [0.1, 0.15) is 18.2 Å². The van der Waals surface area contributed by atoms with Crippen LogP contribution >= 0.6 is 11.3 Å². The average molecular weight is 417 g/mol. The molecule has 0 atom stereocenters. The van der Waals surface area contributed by atoms with Gasteiger partial charge >= 0.3 is 19.5 Å². The molecule has 150 valence electrons. The van der Waals surface area contributed by atoms with Crippen molar-refractivity contribution >= 4 is 41.2 Å². The lowest BCUT2D eigenvalue weighted by Crippen LogP contribution is -2.34. The number of hydrogen-bond acceptors (Lipinski definition) is 9. The lowest BCUT2D eigenvalue weighted by atomic mass is 9.79. The number of halogens is 3. The zero-order chi connectivity index (χ0) is 20.7. The largest absolute Gasteiger partial charge is 0.573 e. The summed E-state index contributed by atoms with van der Waals surface area (Å²) in [6.07, 6.45) is -3.70. The summed E-state index contributed by atoms with van der Waals surface area (Å²) in [6.45, 7) is 1.97. The van der Waals surface area contributed by atoms with Crippen molar-refractivity contribution in [3.05, 3.63) is 34.8 Å². The van der Waals surface area contributed by atoms with Crippen LogP contribution in [-0.4, -0.2) is 47.3 Å². The van der Waals surface area contributed by atoms with Crippen LogP contribution in [0.5, 0.6) is 5.75 Å². The molecule has 0 spiro atoms. The Kier molecular flexibility index (Phi) is 7.37. The van der Waals surface area contributed by atoms with E-state index in [1.165, 1.54) is 23.6 Å². The SMILES string of the molecule is CCOC(=O)Cc1csc(NN=Cc2ccc(OC(F)(F)F)c(B(O)O)c2)n1. The van der Waals surface area contributed by atoms with Crippen molar-refractivity contribution in [2.75, 3.05) is 12.0 Å². The summed E-state index contributed by atoms with van der Waals surface area (Å²) in [6, 6.07) is 3.29. The fourth-order valence-electron chi connectivity index (χ4n) is 2.03. The van der Waals surface area contributed by atoms with E-state index >= 15 is 0 Å². The number of anilines is 1. The van der Waals surface area contributed by atoms with Gasteiger partial charge in [-0.15, -0.1) is 24.5 Å². The minimum absolute atomic E-state index is 0.0220. The maximum Gasteiger partial charge on any atom is 0.573 e. The Hall–Kier alpha value is -2.64. The van der Waals surface area contributed by atoms with Gasteiger partial charge in [-0.3, -0.25) is 10.2 Å². The van der Waals surface area contributed by atoms with E-state index in [2.05, 4.69) is 20.2 Å². The normalized spacial score (nSPS) is 11.5. The number of aromatic nitrogens is 1. The fourth-order valence-corrected chi connectivity index (χ4v) is 2.69. The van der Waals surface area contributed by atoms with Gasteiger partial charge in [0.2, 0.25) is 5.13 Å². The number of thiazole rings is 1. The number of rotatable bonds is 8. The average Bonchev–Trinajstić information content (AvgIpc) is 3.02. The van der Waals surface area contributed by atoms with Gasteiger partial charge in [-0.05, 0) is 30.7 Å². The van der Waals surface area contributed by atoms with E-state index in [1.807, 2.05) is 0 Å². The van der Waals surface area contributed by atoms with E-state index in [-0.39, 0.29) is 18.6 Å². The minimum atomic E-state index is -4.97. The third-order valence-corrected chi connectivity index (χ3v) is 3.89. The maximum absolute atomic E-state index is 12.3. The molecule has 2 rings (SSSR count). The quantitative estimate of drug-likeness (QED) is 0.257. The summed E-state index contributed by atoms with van der Waals surface area (Å²) < 4.78 is 45.6. The van der Waals surface area contributed by atoms with Crippen molar-refractivity contribution in [2.45, 2.75) is 19.7 Å². The summed E-state index contributed by atoms with van der Waals surface area (Å²) in [5.41, 5.74) is 2.93. The highest BCUT2D eigenvalue weighted by molar-refractivity contribution is 7.13. The molecule has 1 heterocycles. The number of hydrogen-bond donors (Lipinski definition) is 3. The molecule has 0 unspecified atom stereocenters. The lowest BCUT2D eigenvalue weighted by Gasteiger charge is -2.13. The number of alkyl halides is 3. The molecule has 8 nitrogen and oxygen atoms in total. The monoisotopic (exact) mass is 417 g/mol. The molecule has 0 bridgehead atoms. The number of hydrazone groups is 1. The number of nitrogens with one attached hydrogen (secondary N) is 1. The Balaban J connectivity index is 2.03. The summed E-state index contributed by atoms with van der Waals surface area (Å²) in [7, 11) is -2.16. The van der Waals surface area contributed by atoms with E-state index in [1.54, 1.807) is 12.3 Å². The molecule has 0 saturated carbocycles. The van der Waals surface area contributed by atoms with E-state index in [0.29, 0.717) is 10.8 Å². The first-order valence-electron chi connectivity index (χ1n) is 7.83. The Morgan fingerprint density at radius 2 is 2.18 bits per heavy atom. The van der Waals surface area contributed by atoms with Gasteiger partial charge in [0.25, 0.3) is 0 Å². The Bertz CT molecular complexity index is 845. The molecule has 0 aliphatic carbocycles. The molecule has 2 aromatic rings. The predicted octanol–water partition coefficient (Wildman–Crippen LogP) is 1.27. The smallest absolute Gasteiger partial charge is 0.466 e. The van der Waals surface area contributed by atoms with Crippen LogP contribution in [0.4, 0.5) is 18.3 Å². The molecule has 0 fully saturated rings. The molecule has 0 radical (unpaired) electrons. The van der Waals surface area contributed by atoms with E-state index in [9.17, 15) is 28.0 Å². The first-order chi connectivity index (χ1) is 13.2. The summed E-state index contributed by atoms with van der Waals surface area (Å²) in [5.74, 6) is -1.13. The second kappa shape index (κ2) is 9.53. The van der Waals surface area contributed by atoms with Crippen LogP contribution < -0.4 is 15.6 Å². The maximum atomic E-state index is 12.3. The third-order valence-electron chi connectivity index (χ3n) is 3.09. The first-order valence-corrected chi connectivity index (χ1v) is 8.71. The Labute approximate surface area is 161 Å². The molecule has 3 N–H and O–H groups in total. The highest BCUT2D eigenvalue weighted by Crippen LogP contribution is 2.22. The molecular weight excluding hydrogens is 402 g/mol. The molecule has 0 aliphatic rings. The third kappa shape index (κ3) is 6.83. The van der Waals surface area contributed by atoms with E-state index < -0.39 is 30.7 Å². The van der Waals surface area contributed by atoms with Crippen LogP contribution in [-0.2, 0) is 16.0 Å². The molecule has 0 aliphatic heterocycles. The highest BCUT2D eigenvalue weighted by atomic mass is 32.1. The number of carbonyl (C=O) groups is 1. The summed E-state index contributed by atoms with van der Waals surface area (Å²) in [5, 5.41) is 24.4. The predicted molar refractivity (Wildman–Crippen MR) is 96.6 cm³/mol. The standard InChI is InChI=1S/C15H15BF3N3O5S/c1-2-26-13(23)6-10-8-28-14(21-10)22-20-7-9-3-4-12(27-15(17,18)19)11(5-9)16(24)25/h3-5,7-8,24-25H,2,6H2,1H3,(H,21,22). The van der Waals surface area contributed by atoms with Gasteiger partial charge in [0.05, 0.1) is 24.9 Å². The molecular formula is C15H15BF3N3O5S. The van der Waals surface area contributed by atoms with Crippen LogP contribution in [0.15, 0.2) is 28.7 Å². The van der Waals surface area contributed by atoms with Gasteiger partial charge in [-0.25, -0.2) is 4.98 Å². The van der Waals surface area contributed by atoms with Gasteiger partial charge < -0.3 is 19.5 Å². The van der Waals surface area contributed by atoms with Crippen molar-refractivity contribution < 1.29 is 37.5 Å². The number of benzene rings is 1. The van der Waals surface area contributed by atoms with Gasteiger partial charge in [0.15, 0.2) is 0 Å². The zero-order valence-electron chi connectivity index (χ0n) is 14.4. The summed E-state index contributed by atoms with van der Waals surface area (Å²) >= 11 is 1.19. The van der Waals surface area contributed by atoms with Gasteiger partial charge in [0, 0.05) is 10.8 Å². The number of carbonyl (C=O) groups excluding carboxylic acids is 1. The van der Waals surface area contributed by atoms with Crippen LogP contribution in [0.2, 0.25) is 0 Å². The van der Waals surface area contributed by atoms with Gasteiger partial charge in [-0.1, -0.05) is 0 Å². The van der Waals surface area contributed by atoms with Crippen molar-refractivity contribution in [3.8, 4) is 5.75 Å². The van der Waals surface area contributed by atoms with Crippen molar-refractivity contribution in [3.63, 3.8) is 0 Å².